The van der Waals surface area contributed by atoms with Crippen molar-refractivity contribution in [2.75, 3.05) is 0 Å². The van der Waals surface area contributed by atoms with Crippen molar-refractivity contribution in [3.05, 3.63) is 0 Å². The van der Waals surface area contributed by atoms with Gasteiger partial charge in [-0.25, -0.2) is 0 Å². The second-order valence-corrected chi connectivity index (χ2v) is 8.38. The molecule has 0 aromatic heterocycles. The first-order valence-corrected chi connectivity index (χ1v) is 8.27. The molecule has 1 aliphatic rings. The molecule has 1 saturated heterocycles. The molecule has 21 heavy (non-hydrogen) atoms. The molecule has 0 aliphatic carbocycles. The van der Waals surface area contributed by atoms with Crippen LogP contribution in [0.4, 0.5) is 0 Å². The lowest BCUT2D eigenvalue weighted by molar-refractivity contribution is -0.154. The number of hydrogen-bond acceptors (Lipinski definition) is 3. The molecule has 0 aromatic rings. The van der Waals surface area contributed by atoms with Crippen LogP contribution in [0.25, 0.3) is 0 Å². The molecule has 0 aromatic carbocycles. The largest absolute Gasteiger partial charge is 0.393 e. The van der Waals surface area contributed by atoms with E-state index in [-0.39, 0.29) is 34.6 Å². The first-order chi connectivity index (χ1) is 9.51. The van der Waals surface area contributed by atoms with Gasteiger partial charge in [0.05, 0.1) is 11.8 Å². The summed E-state index contributed by atoms with van der Waals surface area (Å²) in [5.74, 6) is -0.721. The monoisotopic (exact) mass is 296 g/mol. The Labute approximate surface area is 129 Å². The molecule has 0 bridgehead atoms. The van der Waals surface area contributed by atoms with Gasteiger partial charge >= 0.3 is 11.9 Å². The average molecular weight is 296 g/mol. The average Bonchev–Trinajstić information content (AvgIpc) is 2.61. The van der Waals surface area contributed by atoms with Crippen molar-refractivity contribution < 1.29 is 14.3 Å². The Morgan fingerprint density at radius 1 is 1.00 bits per heavy atom. The van der Waals surface area contributed by atoms with E-state index in [2.05, 4.69) is 41.5 Å². The van der Waals surface area contributed by atoms with E-state index in [4.69, 9.17) is 4.74 Å². The molecule has 3 atom stereocenters. The van der Waals surface area contributed by atoms with Crippen LogP contribution in [0.2, 0.25) is 0 Å². The van der Waals surface area contributed by atoms with Gasteiger partial charge in [0, 0.05) is 0 Å². The Bertz CT molecular complexity index is 390. The SMILES string of the molecule is CCC1C(=O)OC(=O)C1CC(CC(C)(C)CC)C(C)(C)C. The highest BCUT2D eigenvalue weighted by molar-refractivity contribution is 5.96. The summed E-state index contributed by atoms with van der Waals surface area (Å²) < 4.78 is 4.87. The minimum atomic E-state index is -0.324. The zero-order valence-electron chi connectivity index (χ0n) is 14.8. The molecule has 3 unspecified atom stereocenters. The number of esters is 2. The van der Waals surface area contributed by atoms with Crippen LogP contribution in [0.1, 0.15) is 74.1 Å². The lowest BCUT2D eigenvalue weighted by atomic mass is 9.66. The van der Waals surface area contributed by atoms with Crippen LogP contribution in [0.5, 0.6) is 0 Å². The number of carbonyl (C=O) groups excluding carboxylic acids is 2. The fourth-order valence-electron chi connectivity index (χ4n) is 3.15. The van der Waals surface area contributed by atoms with E-state index in [0.717, 1.165) is 19.3 Å². The maximum absolute atomic E-state index is 12.0. The molecule has 3 nitrogen and oxygen atoms in total. The Morgan fingerprint density at radius 3 is 1.95 bits per heavy atom. The summed E-state index contributed by atoms with van der Waals surface area (Å²) in [6, 6.07) is 0. The van der Waals surface area contributed by atoms with Crippen LogP contribution in [0.3, 0.4) is 0 Å². The predicted octanol–water partition coefficient (Wildman–Crippen LogP) is 4.59. The summed E-state index contributed by atoms with van der Waals surface area (Å²) >= 11 is 0. The first-order valence-electron chi connectivity index (χ1n) is 8.27. The predicted molar refractivity (Wildman–Crippen MR) is 84.6 cm³/mol. The molecule has 1 rings (SSSR count). The van der Waals surface area contributed by atoms with Gasteiger partial charge in [0.2, 0.25) is 0 Å². The van der Waals surface area contributed by atoms with Crippen LogP contribution in [-0.2, 0) is 14.3 Å². The third-order valence-electron chi connectivity index (χ3n) is 5.25. The van der Waals surface area contributed by atoms with E-state index in [0.29, 0.717) is 12.3 Å². The number of cyclic esters (lactones) is 2. The highest BCUT2D eigenvalue weighted by Crippen LogP contribution is 2.44. The van der Waals surface area contributed by atoms with E-state index in [1.54, 1.807) is 0 Å². The summed E-state index contributed by atoms with van der Waals surface area (Å²) in [5, 5.41) is 0. The fourth-order valence-corrected chi connectivity index (χ4v) is 3.15. The molecule has 1 fully saturated rings. The van der Waals surface area contributed by atoms with E-state index in [1.807, 2.05) is 6.92 Å². The zero-order valence-corrected chi connectivity index (χ0v) is 14.8. The maximum atomic E-state index is 12.0. The van der Waals surface area contributed by atoms with Crippen molar-refractivity contribution in [3.63, 3.8) is 0 Å². The summed E-state index contributed by atoms with van der Waals surface area (Å²) in [5.41, 5.74) is 0.378. The topological polar surface area (TPSA) is 43.4 Å². The van der Waals surface area contributed by atoms with Crippen molar-refractivity contribution in [2.24, 2.45) is 28.6 Å². The number of rotatable bonds is 6. The number of ether oxygens (including phenoxy) is 1. The highest BCUT2D eigenvalue weighted by atomic mass is 16.6. The minimum Gasteiger partial charge on any atom is -0.393 e. The van der Waals surface area contributed by atoms with Gasteiger partial charge in [-0.05, 0) is 36.0 Å². The van der Waals surface area contributed by atoms with Crippen molar-refractivity contribution in [3.8, 4) is 0 Å². The van der Waals surface area contributed by atoms with Gasteiger partial charge in [-0.15, -0.1) is 0 Å². The molecule has 1 heterocycles. The van der Waals surface area contributed by atoms with Gasteiger partial charge in [0.15, 0.2) is 0 Å². The first kappa shape index (κ1) is 18.2. The van der Waals surface area contributed by atoms with E-state index in [9.17, 15) is 9.59 Å². The van der Waals surface area contributed by atoms with Gasteiger partial charge in [-0.2, -0.15) is 0 Å². The zero-order chi connectivity index (χ0) is 16.4. The van der Waals surface area contributed by atoms with Crippen molar-refractivity contribution >= 4 is 11.9 Å². The lowest BCUT2D eigenvalue weighted by Gasteiger charge is -2.38. The summed E-state index contributed by atoms with van der Waals surface area (Å²) in [4.78, 5) is 23.8. The van der Waals surface area contributed by atoms with Crippen LogP contribution >= 0.6 is 0 Å². The molecule has 0 spiro atoms. The summed E-state index contributed by atoms with van der Waals surface area (Å²) in [6.45, 7) is 15.4. The summed E-state index contributed by atoms with van der Waals surface area (Å²) in [6.07, 6.45) is 3.63. The third kappa shape index (κ3) is 4.55. The molecule has 0 N–H and O–H groups in total. The Kier molecular flexibility index (Phi) is 5.63. The van der Waals surface area contributed by atoms with Crippen LogP contribution < -0.4 is 0 Å². The van der Waals surface area contributed by atoms with E-state index in [1.165, 1.54) is 0 Å². The van der Waals surface area contributed by atoms with Crippen LogP contribution in [0, 0.1) is 28.6 Å². The quantitative estimate of drug-likeness (QED) is 0.532. The van der Waals surface area contributed by atoms with Crippen molar-refractivity contribution in [1.82, 2.24) is 0 Å². The third-order valence-corrected chi connectivity index (χ3v) is 5.25. The normalized spacial score (nSPS) is 25.1. The Morgan fingerprint density at radius 2 is 1.52 bits per heavy atom. The fraction of sp³-hybridized carbons (Fsp3) is 0.889. The second kappa shape index (κ2) is 6.50. The molecule has 3 heteroatoms. The molecule has 0 saturated carbocycles. The smallest absolute Gasteiger partial charge is 0.317 e. The van der Waals surface area contributed by atoms with Gasteiger partial charge in [0.25, 0.3) is 0 Å². The minimum absolute atomic E-state index is 0.122. The van der Waals surface area contributed by atoms with E-state index >= 15 is 0 Å². The van der Waals surface area contributed by atoms with Crippen LogP contribution in [-0.4, -0.2) is 11.9 Å². The molecule has 1 aliphatic heterocycles. The van der Waals surface area contributed by atoms with Crippen molar-refractivity contribution in [2.45, 2.75) is 74.1 Å². The number of carbonyl (C=O) groups is 2. The molecular formula is C18H32O3. The van der Waals surface area contributed by atoms with Crippen molar-refractivity contribution in [1.29, 1.82) is 0 Å². The highest BCUT2D eigenvalue weighted by Gasteiger charge is 2.45. The van der Waals surface area contributed by atoms with Gasteiger partial charge in [-0.1, -0.05) is 54.9 Å². The Hall–Kier alpha value is -0.860. The molecule has 122 valence electrons. The van der Waals surface area contributed by atoms with Gasteiger partial charge in [-0.3, -0.25) is 9.59 Å². The van der Waals surface area contributed by atoms with Crippen LogP contribution in [0.15, 0.2) is 0 Å². The molecular weight excluding hydrogens is 264 g/mol. The second-order valence-electron chi connectivity index (χ2n) is 8.38. The lowest BCUT2D eigenvalue weighted by Crippen LogP contribution is -2.31. The molecule has 0 radical (unpaired) electrons. The standard InChI is InChI=1S/C18H32O3/c1-8-13-14(16(20)21-15(13)19)10-12(17(3,4)5)11-18(6,7)9-2/h12-14H,8-11H2,1-7H3. The van der Waals surface area contributed by atoms with Gasteiger partial charge in [0.1, 0.15) is 0 Å². The van der Waals surface area contributed by atoms with Gasteiger partial charge < -0.3 is 4.74 Å². The molecule has 0 amide bonds. The Balaban J connectivity index is 2.91. The van der Waals surface area contributed by atoms with E-state index < -0.39 is 0 Å². The number of hydrogen-bond donors (Lipinski definition) is 0. The summed E-state index contributed by atoms with van der Waals surface area (Å²) in [7, 11) is 0. The maximum Gasteiger partial charge on any atom is 0.317 e.